The molecule has 0 radical (unpaired) electrons. The van der Waals surface area contributed by atoms with Crippen molar-refractivity contribution in [1.82, 2.24) is 0 Å². The monoisotopic (exact) mass is 319 g/mol. The van der Waals surface area contributed by atoms with Gasteiger partial charge in [-0.15, -0.1) is 0 Å². The fraction of sp³-hybridized carbons (Fsp3) is 0.478. The van der Waals surface area contributed by atoms with Gasteiger partial charge in [0.05, 0.1) is 0 Å². The van der Waals surface area contributed by atoms with Gasteiger partial charge in [-0.1, -0.05) is 57.2 Å². The highest BCUT2D eigenvalue weighted by Gasteiger charge is 2.35. The van der Waals surface area contributed by atoms with Crippen LogP contribution in [0.4, 0.5) is 5.69 Å². The molecule has 1 aliphatic heterocycles. The third kappa shape index (κ3) is 2.06. The molecule has 1 heterocycles. The summed E-state index contributed by atoms with van der Waals surface area (Å²) >= 11 is 0. The minimum Gasteiger partial charge on any atom is -0.368 e. The molecule has 2 aliphatic rings. The van der Waals surface area contributed by atoms with Crippen molar-refractivity contribution in [3.63, 3.8) is 0 Å². The molecular weight excluding hydrogens is 290 g/mol. The number of benzene rings is 2. The second-order valence-electron chi connectivity index (χ2n) is 7.90. The molecule has 24 heavy (non-hydrogen) atoms. The van der Waals surface area contributed by atoms with Crippen LogP contribution in [0.3, 0.4) is 0 Å². The largest absolute Gasteiger partial charge is 0.368 e. The SMILES string of the molecule is CCN1c2c(-c3cccc4c3C[C@@H](C)[C@H]4C)cccc2[C@H](C)[C@@H]1C. The number of likely N-dealkylation sites (N-methyl/N-ethyl adjacent to an activating group) is 1. The average Bonchev–Trinajstić information content (AvgIpc) is 3.02. The maximum absolute atomic E-state index is 2.61. The first-order valence-corrected chi connectivity index (χ1v) is 9.56. The Morgan fingerprint density at radius 2 is 1.54 bits per heavy atom. The minimum atomic E-state index is 0.584. The zero-order valence-corrected chi connectivity index (χ0v) is 15.6. The van der Waals surface area contributed by atoms with Crippen molar-refractivity contribution in [2.24, 2.45) is 5.92 Å². The molecule has 4 rings (SSSR count). The van der Waals surface area contributed by atoms with Gasteiger partial charge in [-0.05, 0) is 54.4 Å². The molecule has 2 aromatic rings. The zero-order valence-electron chi connectivity index (χ0n) is 15.6. The predicted octanol–water partition coefficient (Wildman–Crippen LogP) is 5.98. The summed E-state index contributed by atoms with van der Waals surface area (Å²) in [6, 6.07) is 14.5. The van der Waals surface area contributed by atoms with Gasteiger partial charge in [-0.25, -0.2) is 0 Å². The van der Waals surface area contributed by atoms with Gasteiger partial charge in [0.1, 0.15) is 0 Å². The summed E-state index contributed by atoms with van der Waals surface area (Å²) in [5.41, 5.74) is 9.09. The molecule has 0 N–H and O–H groups in total. The van der Waals surface area contributed by atoms with E-state index in [2.05, 4.69) is 75.9 Å². The Bertz CT molecular complexity index is 776. The lowest BCUT2D eigenvalue weighted by molar-refractivity contribution is 0.532. The summed E-state index contributed by atoms with van der Waals surface area (Å²) in [4.78, 5) is 2.61. The van der Waals surface area contributed by atoms with Gasteiger partial charge in [-0.2, -0.15) is 0 Å². The van der Waals surface area contributed by atoms with Crippen LogP contribution in [-0.4, -0.2) is 12.6 Å². The number of rotatable bonds is 2. The Morgan fingerprint density at radius 3 is 2.25 bits per heavy atom. The third-order valence-electron chi connectivity index (χ3n) is 6.77. The molecule has 4 atom stereocenters. The molecule has 0 saturated carbocycles. The van der Waals surface area contributed by atoms with E-state index in [4.69, 9.17) is 0 Å². The fourth-order valence-electron chi connectivity index (χ4n) is 4.96. The van der Waals surface area contributed by atoms with Crippen LogP contribution in [0.5, 0.6) is 0 Å². The standard InChI is InChI=1S/C23H29N/c1-6-24-17(5)16(4)19-10-8-12-21(23(19)24)20-11-7-9-18-15(3)14(2)13-22(18)20/h7-12,14-17H,6,13H2,1-5H3/t14-,15-,16-,17+/m1/s1. The van der Waals surface area contributed by atoms with Gasteiger partial charge < -0.3 is 4.90 Å². The number of nitrogens with zero attached hydrogens (tertiary/aromatic N) is 1. The number of fused-ring (bicyclic) bond motifs is 2. The maximum atomic E-state index is 2.61. The van der Waals surface area contributed by atoms with Crippen molar-refractivity contribution in [3.05, 3.63) is 53.1 Å². The van der Waals surface area contributed by atoms with Gasteiger partial charge in [0, 0.05) is 29.8 Å². The molecule has 0 aromatic heterocycles. The normalized spacial score (nSPS) is 28.1. The second kappa shape index (κ2) is 5.65. The fourth-order valence-corrected chi connectivity index (χ4v) is 4.96. The summed E-state index contributed by atoms with van der Waals surface area (Å²) in [5, 5.41) is 0. The van der Waals surface area contributed by atoms with Gasteiger partial charge in [0.15, 0.2) is 0 Å². The minimum absolute atomic E-state index is 0.584. The van der Waals surface area contributed by atoms with E-state index in [0.29, 0.717) is 17.9 Å². The Labute approximate surface area is 146 Å². The van der Waals surface area contributed by atoms with Crippen LogP contribution in [-0.2, 0) is 6.42 Å². The Morgan fingerprint density at radius 1 is 0.875 bits per heavy atom. The lowest BCUT2D eigenvalue weighted by Crippen LogP contribution is -2.30. The van der Waals surface area contributed by atoms with Crippen molar-refractivity contribution in [2.75, 3.05) is 11.4 Å². The molecule has 1 heteroatoms. The number of para-hydroxylation sites is 1. The molecule has 2 aromatic carbocycles. The molecule has 0 amide bonds. The quantitative estimate of drug-likeness (QED) is 0.658. The zero-order chi connectivity index (χ0) is 17.0. The molecule has 0 fully saturated rings. The van der Waals surface area contributed by atoms with Crippen LogP contribution in [0, 0.1) is 5.92 Å². The highest BCUT2D eigenvalue weighted by molar-refractivity contribution is 5.86. The number of hydrogen-bond acceptors (Lipinski definition) is 1. The summed E-state index contributed by atoms with van der Waals surface area (Å²) in [6.45, 7) is 12.9. The summed E-state index contributed by atoms with van der Waals surface area (Å²) in [6.07, 6.45) is 1.22. The highest BCUT2D eigenvalue weighted by Crippen LogP contribution is 2.49. The topological polar surface area (TPSA) is 3.24 Å². The molecule has 0 unspecified atom stereocenters. The van der Waals surface area contributed by atoms with E-state index in [-0.39, 0.29) is 0 Å². The van der Waals surface area contributed by atoms with Crippen LogP contribution in [0.2, 0.25) is 0 Å². The van der Waals surface area contributed by atoms with E-state index < -0.39 is 0 Å². The van der Waals surface area contributed by atoms with Crippen molar-refractivity contribution in [2.45, 2.75) is 58.9 Å². The predicted molar refractivity (Wildman–Crippen MR) is 104 cm³/mol. The average molecular weight is 319 g/mol. The van der Waals surface area contributed by atoms with E-state index in [1.54, 1.807) is 11.1 Å². The van der Waals surface area contributed by atoms with E-state index in [1.807, 2.05) is 0 Å². The molecule has 1 nitrogen and oxygen atoms in total. The van der Waals surface area contributed by atoms with Gasteiger partial charge in [-0.3, -0.25) is 0 Å². The van der Waals surface area contributed by atoms with Crippen molar-refractivity contribution >= 4 is 5.69 Å². The maximum Gasteiger partial charge on any atom is 0.0484 e. The Hall–Kier alpha value is -1.76. The van der Waals surface area contributed by atoms with E-state index in [1.165, 1.54) is 28.8 Å². The van der Waals surface area contributed by atoms with Crippen LogP contribution in [0.25, 0.3) is 11.1 Å². The van der Waals surface area contributed by atoms with Crippen LogP contribution < -0.4 is 4.90 Å². The third-order valence-corrected chi connectivity index (χ3v) is 6.77. The molecule has 1 aliphatic carbocycles. The Balaban J connectivity index is 1.93. The van der Waals surface area contributed by atoms with Gasteiger partial charge in [0.2, 0.25) is 0 Å². The first-order chi connectivity index (χ1) is 11.5. The first-order valence-electron chi connectivity index (χ1n) is 9.56. The van der Waals surface area contributed by atoms with E-state index >= 15 is 0 Å². The lowest BCUT2D eigenvalue weighted by atomic mass is 9.91. The lowest BCUT2D eigenvalue weighted by Gasteiger charge is -2.27. The molecule has 0 bridgehead atoms. The number of anilines is 1. The van der Waals surface area contributed by atoms with Crippen LogP contribution >= 0.6 is 0 Å². The van der Waals surface area contributed by atoms with Crippen molar-refractivity contribution in [3.8, 4) is 11.1 Å². The molecule has 0 saturated heterocycles. The summed E-state index contributed by atoms with van der Waals surface area (Å²) < 4.78 is 0. The van der Waals surface area contributed by atoms with Crippen LogP contribution in [0.1, 0.15) is 63.1 Å². The molecular formula is C23H29N. The smallest absolute Gasteiger partial charge is 0.0484 e. The second-order valence-corrected chi connectivity index (χ2v) is 7.90. The molecule has 126 valence electrons. The van der Waals surface area contributed by atoms with Crippen LogP contribution in [0.15, 0.2) is 36.4 Å². The van der Waals surface area contributed by atoms with Crippen molar-refractivity contribution in [1.29, 1.82) is 0 Å². The molecule has 0 spiro atoms. The van der Waals surface area contributed by atoms with Gasteiger partial charge >= 0.3 is 0 Å². The summed E-state index contributed by atoms with van der Waals surface area (Å²) in [5.74, 6) is 2.03. The number of hydrogen-bond donors (Lipinski definition) is 0. The van der Waals surface area contributed by atoms with Crippen molar-refractivity contribution < 1.29 is 0 Å². The first kappa shape index (κ1) is 15.7. The Kier molecular flexibility index (Phi) is 3.71. The van der Waals surface area contributed by atoms with E-state index in [9.17, 15) is 0 Å². The van der Waals surface area contributed by atoms with E-state index in [0.717, 1.165) is 12.5 Å². The highest BCUT2D eigenvalue weighted by atomic mass is 15.2. The van der Waals surface area contributed by atoms with Gasteiger partial charge in [0.25, 0.3) is 0 Å². The summed E-state index contributed by atoms with van der Waals surface area (Å²) in [7, 11) is 0.